The maximum absolute atomic E-state index is 5.87. The Morgan fingerprint density at radius 1 is 1.32 bits per heavy atom. The van der Waals surface area contributed by atoms with Crippen LogP contribution in [0, 0.1) is 11.8 Å². The van der Waals surface area contributed by atoms with E-state index < -0.39 is 0 Å². The van der Waals surface area contributed by atoms with Gasteiger partial charge in [-0.25, -0.2) is 0 Å². The fourth-order valence-electron chi connectivity index (χ4n) is 2.88. The highest BCUT2D eigenvalue weighted by molar-refractivity contribution is 14.0. The number of nitrogens with one attached hydrogen (secondary N) is 2. The van der Waals surface area contributed by atoms with Crippen LogP contribution in [0.15, 0.2) is 4.99 Å². The molecule has 2 aliphatic rings. The van der Waals surface area contributed by atoms with Crippen molar-refractivity contribution in [1.82, 2.24) is 15.5 Å². The maximum Gasteiger partial charge on any atom is 0.191 e. The van der Waals surface area contributed by atoms with Crippen molar-refractivity contribution in [2.24, 2.45) is 16.8 Å². The van der Waals surface area contributed by atoms with Crippen LogP contribution in [-0.2, 0) is 9.47 Å². The average molecular weight is 468 g/mol. The Morgan fingerprint density at radius 3 is 2.80 bits per heavy atom. The van der Waals surface area contributed by atoms with Crippen molar-refractivity contribution < 1.29 is 9.47 Å². The van der Waals surface area contributed by atoms with Gasteiger partial charge in [-0.3, -0.25) is 9.89 Å². The molecule has 2 N–H and O–H groups in total. The maximum atomic E-state index is 5.87. The Hall–Kier alpha value is -0.120. The topological polar surface area (TPSA) is 58.1 Å². The van der Waals surface area contributed by atoms with Gasteiger partial charge in [0, 0.05) is 39.3 Å². The van der Waals surface area contributed by atoms with Crippen LogP contribution in [0.1, 0.15) is 33.6 Å². The van der Waals surface area contributed by atoms with Crippen molar-refractivity contribution in [1.29, 1.82) is 0 Å². The van der Waals surface area contributed by atoms with Gasteiger partial charge in [-0.2, -0.15) is 0 Å². The zero-order valence-electron chi connectivity index (χ0n) is 16.1. The monoisotopic (exact) mass is 468 g/mol. The lowest BCUT2D eigenvalue weighted by molar-refractivity contribution is -0.0261. The fraction of sp³-hybridized carbons (Fsp3) is 0.944. The molecular formula is C18H37IN4O2. The lowest BCUT2D eigenvalue weighted by Gasteiger charge is -2.33. The summed E-state index contributed by atoms with van der Waals surface area (Å²) < 4.78 is 11.5. The Bertz CT molecular complexity index is 378. The summed E-state index contributed by atoms with van der Waals surface area (Å²) in [5.41, 5.74) is 0. The van der Waals surface area contributed by atoms with E-state index >= 15 is 0 Å². The molecule has 0 bridgehead atoms. The summed E-state index contributed by atoms with van der Waals surface area (Å²) >= 11 is 0. The van der Waals surface area contributed by atoms with Crippen molar-refractivity contribution >= 4 is 29.9 Å². The number of guanidine groups is 1. The molecule has 2 rings (SSSR count). The van der Waals surface area contributed by atoms with Crippen LogP contribution in [0.3, 0.4) is 0 Å². The number of hydrogen-bond donors (Lipinski definition) is 2. The van der Waals surface area contributed by atoms with Crippen molar-refractivity contribution in [3.05, 3.63) is 0 Å². The second kappa shape index (κ2) is 13.1. The van der Waals surface area contributed by atoms with Gasteiger partial charge >= 0.3 is 0 Å². The molecule has 0 aromatic carbocycles. The highest BCUT2D eigenvalue weighted by atomic mass is 127. The van der Waals surface area contributed by atoms with Crippen molar-refractivity contribution in [2.45, 2.75) is 39.7 Å². The minimum Gasteiger partial charge on any atom is -0.379 e. The normalized spacial score (nSPS) is 21.9. The van der Waals surface area contributed by atoms with E-state index in [1.165, 1.54) is 12.8 Å². The second-order valence-corrected chi connectivity index (χ2v) is 7.31. The highest BCUT2D eigenvalue weighted by Gasteiger charge is 2.21. The molecule has 6 nitrogen and oxygen atoms in total. The third-order valence-electron chi connectivity index (χ3n) is 4.23. The van der Waals surface area contributed by atoms with Crippen molar-refractivity contribution in [2.75, 3.05) is 59.1 Å². The van der Waals surface area contributed by atoms with Gasteiger partial charge in [0.15, 0.2) is 5.96 Å². The first-order valence-electron chi connectivity index (χ1n) is 9.61. The van der Waals surface area contributed by atoms with E-state index in [0.29, 0.717) is 12.5 Å². The molecule has 7 heteroatoms. The van der Waals surface area contributed by atoms with Crippen LogP contribution >= 0.6 is 24.0 Å². The number of nitrogens with zero attached hydrogens (tertiary/aromatic N) is 2. The quantitative estimate of drug-likeness (QED) is 0.222. The third-order valence-corrected chi connectivity index (χ3v) is 4.23. The van der Waals surface area contributed by atoms with Gasteiger partial charge in [0.1, 0.15) is 0 Å². The summed E-state index contributed by atoms with van der Waals surface area (Å²) in [5.74, 6) is 2.38. The molecule has 2 fully saturated rings. The minimum atomic E-state index is 0. The van der Waals surface area contributed by atoms with Gasteiger partial charge in [0.2, 0.25) is 0 Å². The van der Waals surface area contributed by atoms with Crippen LogP contribution in [0.5, 0.6) is 0 Å². The molecule has 1 heterocycles. The Labute approximate surface area is 170 Å². The molecule has 25 heavy (non-hydrogen) atoms. The second-order valence-electron chi connectivity index (χ2n) is 7.31. The standard InChI is InChI=1S/C18H36N4O2.HI/c1-4-19-18(20-7-9-23-14-16-5-6-16)21-11-17-13-22(8-10-24-17)12-15(2)3;/h15-17H,4-14H2,1-3H3,(H2,19,20,21);1H. The van der Waals surface area contributed by atoms with Gasteiger partial charge in [0.05, 0.1) is 25.9 Å². The molecule has 148 valence electrons. The Kier molecular flexibility index (Phi) is 12.0. The van der Waals surface area contributed by atoms with E-state index in [4.69, 9.17) is 9.47 Å². The van der Waals surface area contributed by atoms with E-state index in [-0.39, 0.29) is 30.1 Å². The first kappa shape index (κ1) is 22.9. The summed E-state index contributed by atoms with van der Waals surface area (Å²) in [6, 6.07) is 0. The van der Waals surface area contributed by atoms with Crippen LogP contribution < -0.4 is 10.6 Å². The van der Waals surface area contributed by atoms with E-state index in [1.807, 2.05) is 0 Å². The molecular weight excluding hydrogens is 431 g/mol. The molecule has 0 aromatic rings. The highest BCUT2D eigenvalue weighted by Crippen LogP contribution is 2.28. The van der Waals surface area contributed by atoms with Gasteiger partial charge < -0.3 is 20.1 Å². The van der Waals surface area contributed by atoms with Crippen LogP contribution in [0.2, 0.25) is 0 Å². The van der Waals surface area contributed by atoms with E-state index in [1.54, 1.807) is 0 Å². The number of halogens is 1. The van der Waals surface area contributed by atoms with Crippen molar-refractivity contribution in [3.63, 3.8) is 0 Å². The average Bonchev–Trinajstić information content (AvgIpc) is 3.36. The van der Waals surface area contributed by atoms with Crippen LogP contribution in [0.4, 0.5) is 0 Å². The lowest BCUT2D eigenvalue weighted by Crippen LogP contribution is -2.46. The largest absolute Gasteiger partial charge is 0.379 e. The lowest BCUT2D eigenvalue weighted by atomic mass is 10.2. The fourth-order valence-corrected chi connectivity index (χ4v) is 2.88. The predicted molar refractivity (Wildman–Crippen MR) is 114 cm³/mol. The first-order chi connectivity index (χ1) is 11.7. The molecule has 1 unspecified atom stereocenters. The van der Waals surface area contributed by atoms with Crippen molar-refractivity contribution in [3.8, 4) is 0 Å². The summed E-state index contributed by atoms with van der Waals surface area (Å²) in [6.07, 6.45) is 2.87. The van der Waals surface area contributed by atoms with E-state index in [2.05, 4.69) is 41.3 Å². The zero-order valence-corrected chi connectivity index (χ0v) is 18.5. The number of morpholine rings is 1. The molecule has 0 radical (unpaired) electrons. The van der Waals surface area contributed by atoms with Gasteiger partial charge in [-0.15, -0.1) is 24.0 Å². The van der Waals surface area contributed by atoms with Gasteiger partial charge in [-0.1, -0.05) is 13.8 Å². The zero-order chi connectivity index (χ0) is 17.2. The van der Waals surface area contributed by atoms with Crippen LogP contribution in [0.25, 0.3) is 0 Å². The Morgan fingerprint density at radius 2 is 2.12 bits per heavy atom. The number of rotatable bonds is 10. The van der Waals surface area contributed by atoms with E-state index in [0.717, 1.165) is 64.4 Å². The number of aliphatic imine (C=N–C) groups is 1. The molecule has 0 amide bonds. The SMILES string of the molecule is CCNC(=NCC1CN(CC(C)C)CCO1)NCCOCC1CC1.I. The van der Waals surface area contributed by atoms with Crippen LogP contribution in [-0.4, -0.2) is 76.1 Å². The minimum absolute atomic E-state index is 0. The molecule has 1 atom stereocenters. The third kappa shape index (κ3) is 10.6. The van der Waals surface area contributed by atoms with Gasteiger partial charge in [0.25, 0.3) is 0 Å². The molecule has 0 spiro atoms. The smallest absolute Gasteiger partial charge is 0.191 e. The Balaban J connectivity index is 0.00000312. The molecule has 1 saturated carbocycles. The predicted octanol–water partition coefficient (Wildman–Crippen LogP) is 1.94. The summed E-state index contributed by atoms with van der Waals surface area (Å²) in [5, 5.41) is 6.63. The molecule has 1 saturated heterocycles. The van der Waals surface area contributed by atoms with Gasteiger partial charge in [-0.05, 0) is 31.6 Å². The number of ether oxygens (including phenoxy) is 2. The molecule has 0 aromatic heterocycles. The summed E-state index contributed by atoms with van der Waals surface area (Å²) in [6.45, 7) is 14.6. The summed E-state index contributed by atoms with van der Waals surface area (Å²) in [7, 11) is 0. The summed E-state index contributed by atoms with van der Waals surface area (Å²) in [4.78, 5) is 7.17. The number of hydrogen-bond acceptors (Lipinski definition) is 4. The molecule has 1 aliphatic carbocycles. The van der Waals surface area contributed by atoms with E-state index in [9.17, 15) is 0 Å². The first-order valence-corrected chi connectivity index (χ1v) is 9.61. The molecule has 1 aliphatic heterocycles.